The summed E-state index contributed by atoms with van der Waals surface area (Å²) in [5.74, 6) is -1.16. The Hall–Kier alpha value is -2.63. The van der Waals surface area contributed by atoms with Crippen LogP contribution in [0.5, 0.6) is 0 Å². The number of esters is 3. The highest BCUT2D eigenvalue weighted by Gasteiger charge is 2.46. The highest BCUT2D eigenvalue weighted by atomic mass is 32.2. The molecule has 0 radical (unpaired) electrons. The van der Waals surface area contributed by atoms with Crippen LogP contribution < -0.4 is 5.32 Å². The second-order valence-corrected chi connectivity index (χ2v) is 11.8. The van der Waals surface area contributed by atoms with E-state index in [0.717, 1.165) is 11.1 Å². The number of hydrogen-bond acceptors (Lipinski definition) is 10. The lowest BCUT2D eigenvalue weighted by Gasteiger charge is -2.18. The van der Waals surface area contributed by atoms with Crippen molar-refractivity contribution in [1.29, 1.82) is 0 Å². The molecule has 0 spiro atoms. The number of hydrogen-bond donors (Lipinski definition) is 1. The first kappa shape index (κ1) is 28.9. The van der Waals surface area contributed by atoms with Crippen molar-refractivity contribution in [3.05, 3.63) is 71.3 Å². The van der Waals surface area contributed by atoms with Crippen molar-refractivity contribution in [2.24, 2.45) is 0 Å². The molecule has 0 aromatic heterocycles. The van der Waals surface area contributed by atoms with E-state index in [1.54, 1.807) is 36.0 Å². The Labute approximate surface area is 228 Å². The quantitative estimate of drug-likeness (QED) is 0.320. The van der Waals surface area contributed by atoms with Crippen LogP contribution in [0.3, 0.4) is 0 Å². The van der Waals surface area contributed by atoms with E-state index in [9.17, 15) is 19.2 Å². The first-order chi connectivity index (χ1) is 17.9. The molecule has 1 N–H and O–H groups in total. The second-order valence-electron chi connectivity index (χ2n) is 8.01. The molecule has 0 bridgehead atoms. The molecule has 37 heavy (non-hydrogen) atoms. The third-order valence-electron chi connectivity index (χ3n) is 5.55. The Morgan fingerprint density at radius 2 is 1.51 bits per heavy atom. The van der Waals surface area contributed by atoms with Crippen molar-refractivity contribution in [2.75, 3.05) is 26.2 Å². The van der Waals surface area contributed by atoms with Gasteiger partial charge in [0.05, 0.1) is 18.8 Å². The minimum absolute atomic E-state index is 0.135. The van der Waals surface area contributed by atoms with Crippen molar-refractivity contribution < 1.29 is 33.4 Å². The molecule has 3 atom stereocenters. The summed E-state index contributed by atoms with van der Waals surface area (Å²) >= 11 is 4.21. The molecule has 1 aliphatic heterocycles. The molecular weight excluding hydrogens is 534 g/mol. The molecule has 2 aromatic carbocycles. The highest BCUT2D eigenvalue weighted by Crippen LogP contribution is 2.54. The first-order valence-electron chi connectivity index (χ1n) is 11.4. The van der Waals surface area contributed by atoms with Crippen LogP contribution in [0.15, 0.2) is 54.6 Å². The average Bonchev–Trinajstić information content (AvgIpc) is 3.39. The second kappa shape index (κ2) is 14.3. The Morgan fingerprint density at radius 3 is 2.05 bits per heavy atom. The van der Waals surface area contributed by atoms with E-state index in [1.165, 1.54) is 37.7 Å². The van der Waals surface area contributed by atoms with Gasteiger partial charge in [-0.05, 0) is 41.7 Å². The molecular formula is C26H29NO7S3. The van der Waals surface area contributed by atoms with Gasteiger partial charge in [0.25, 0.3) is 5.91 Å². The molecule has 3 unspecified atom stereocenters. The molecule has 1 saturated heterocycles. The Kier molecular flexibility index (Phi) is 11.2. The molecule has 0 aliphatic carbocycles. The molecule has 1 heterocycles. The van der Waals surface area contributed by atoms with Crippen molar-refractivity contribution in [3.8, 4) is 0 Å². The van der Waals surface area contributed by atoms with Crippen molar-refractivity contribution in [1.82, 2.24) is 5.32 Å². The maximum Gasteiger partial charge on any atom is 0.329 e. The van der Waals surface area contributed by atoms with Crippen LogP contribution in [0.4, 0.5) is 0 Å². The van der Waals surface area contributed by atoms with Crippen LogP contribution in [0.1, 0.15) is 32.5 Å². The standard InChI is InChI=1S/C26H29NO7S3/c1-32-24(30)20-21(25(31)33-2)37-26(36-20)18-11-9-17(10-12-18)22(28)27-19(13-14-35-3)23(29)34-15-16-7-5-4-6-8-16/h4-12,19-21,26H,13-15H2,1-3H3,(H,27,28). The number of benzene rings is 2. The number of rotatable bonds is 11. The smallest absolute Gasteiger partial charge is 0.329 e. The van der Waals surface area contributed by atoms with Crippen LogP contribution in [0.2, 0.25) is 0 Å². The van der Waals surface area contributed by atoms with E-state index in [2.05, 4.69) is 5.32 Å². The summed E-state index contributed by atoms with van der Waals surface area (Å²) in [5.41, 5.74) is 2.09. The van der Waals surface area contributed by atoms with Gasteiger partial charge in [0.15, 0.2) is 0 Å². The lowest BCUT2D eigenvalue weighted by Crippen LogP contribution is -2.42. The summed E-state index contributed by atoms with van der Waals surface area (Å²) in [6, 6.07) is 15.5. The Balaban J connectivity index is 1.64. The maximum atomic E-state index is 12.9. The van der Waals surface area contributed by atoms with Crippen LogP contribution >= 0.6 is 35.3 Å². The van der Waals surface area contributed by atoms with Crippen molar-refractivity contribution in [2.45, 2.75) is 34.2 Å². The number of nitrogens with one attached hydrogen (secondary N) is 1. The van der Waals surface area contributed by atoms with Gasteiger partial charge in [-0.1, -0.05) is 42.5 Å². The summed E-state index contributed by atoms with van der Waals surface area (Å²) in [7, 11) is 2.57. The van der Waals surface area contributed by atoms with E-state index >= 15 is 0 Å². The molecule has 198 valence electrons. The van der Waals surface area contributed by atoms with Crippen LogP contribution in [-0.2, 0) is 35.2 Å². The van der Waals surface area contributed by atoms with E-state index in [1.807, 2.05) is 36.6 Å². The zero-order valence-corrected chi connectivity index (χ0v) is 23.2. The SMILES string of the molecule is COC(=O)C1SC(c2ccc(C(=O)NC(CCSC)C(=O)OCc3ccccc3)cc2)SC1C(=O)OC. The van der Waals surface area contributed by atoms with Crippen molar-refractivity contribution >= 4 is 59.1 Å². The number of methoxy groups -OCH3 is 2. The van der Waals surface area contributed by atoms with Gasteiger partial charge in [0.1, 0.15) is 23.1 Å². The third-order valence-corrected chi connectivity index (χ3v) is 9.59. The molecule has 1 amide bonds. The van der Waals surface area contributed by atoms with Crippen LogP contribution in [0, 0.1) is 0 Å². The number of carbonyl (C=O) groups is 4. The van der Waals surface area contributed by atoms with E-state index in [0.29, 0.717) is 17.7 Å². The monoisotopic (exact) mass is 563 g/mol. The zero-order chi connectivity index (χ0) is 26.8. The number of ether oxygens (including phenoxy) is 3. The van der Waals surface area contributed by atoms with Crippen LogP contribution in [0.25, 0.3) is 0 Å². The molecule has 11 heteroatoms. The average molecular weight is 564 g/mol. The predicted molar refractivity (Wildman–Crippen MR) is 146 cm³/mol. The minimum Gasteiger partial charge on any atom is -0.468 e. The van der Waals surface area contributed by atoms with Gasteiger partial charge >= 0.3 is 17.9 Å². The lowest BCUT2D eigenvalue weighted by atomic mass is 10.1. The largest absolute Gasteiger partial charge is 0.468 e. The molecule has 1 fully saturated rings. The van der Waals surface area contributed by atoms with E-state index < -0.39 is 34.4 Å². The molecule has 8 nitrogen and oxygen atoms in total. The number of thioether (sulfide) groups is 3. The minimum atomic E-state index is -0.772. The van der Waals surface area contributed by atoms with Crippen LogP contribution in [-0.4, -0.2) is 66.6 Å². The predicted octanol–water partition coefficient (Wildman–Crippen LogP) is 3.84. The van der Waals surface area contributed by atoms with Gasteiger partial charge in [0, 0.05) is 5.56 Å². The van der Waals surface area contributed by atoms with Gasteiger partial charge in [0.2, 0.25) is 0 Å². The van der Waals surface area contributed by atoms with Gasteiger partial charge < -0.3 is 19.5 Å². The highest BCUT2D eigenvalue weighted by molar-refractivity contribution is 8.21. The summed E-state index contributed by atoms with van der Waals surface area (Å²) in [6.45, 7) is 0.135. The topological polar surface area (TPSA) is 108 Å². The van der Waals surface area contributed by atoms with Gasteiger partial charge in [-0.2, -0.15) is 11.8 Å². The van der Waals surface area contributed by atoms with Gasteiger partial charge in [-0.3, -0.25) is 14.4 Å². The summed E-state index contributed by atoms with van der Waals surface area (Å²) < 4.78 is 14.9. The number of carbonyl (C=O) groups excluding carboxylic acids is 4. The fourth-order valence-electron chi connectivity index (χ4n) is 3.54. The summed E-state index contributed by atoms with van der Waals surface area (Å²) in [6.07, 6.45) is 2.37. The van der Waals surface area contributed by atoms with Gasteiger partial charge in [-0.15, -0.1) is 23.5 Å². The fraction of sp³-hybridized carbons (Fsp3) is 0.385. The maximum absolute atomic E-state index is 12.9. The Morgan fingerprint density at radius 1 is 0.919 bits per heavy atom. The summed E-state index contributed by atoms with van der Waals surface area (Å²) in [5, 5.41) is 1.42. The molecule has 3 rings (SSSR count). The zero-order valence-electron chi connectivity index (χ0n) is 20.7. The Bertz CT molecular complexity index is 1060. The number of amides is 1. The fourth-order valence-corrected chi connectivity index (χ4v) is 7.45. The third kappa shape index (κ3) is 7.93. The van der Waals surface area contributed by atoms with Crippen molar-refractivity contribution in [3.63, 3.8) is 0 Å². The normalized spacial score (nSPS) is 19.5. The summed E-state index contributed by atoms with van der Waals surface area (Å²) in [4.78, 5) is 50.0. The molecule has 2 aromatic rings. The van der Waals surface area contributed by atoms with E-state index in [4.69, 9.17) is 14.2 Å². The first-order valence-corrected chi connectivity index (χ1v) is 14.7. The molecule has 0 saturated carbocycles. The lowest BCUT2D eigenvalue weighted by molar-refractivity contribution is -0.147. The molecule has 1 aliphatic rings. The van der Waals surface area contributed by atoms with Gasteiger partial charge in [-0.25, -0.2) is 4.79 Å². The van der Waals surface area contributed by atoms with E-state index in [-0.39, 0.29) is 17.1 Å².